The summed E-state index contributed by atoms with van der Waals surface area (Å²) in [7, 11) is 0. The number of hydrogen-bond acceptors (Lipinski definition) is 3. The van der Waals surface area contributed by atoms with Crippen LogP contribution in [0.4, 0.5) is 0 Å². The topological polar surface area (TPSA) is 50.4 Å². The van der Waals surface area contributed by atoms with Crippen molar-refractivity contribution in [2.45, 2.75) is 26.6 Å². The van der Waals surface area contributed by atoms with Gasteiger partial charge in [0.05, 0.1) is 0 Å². The molecule has 1 heterocycles. The van der Waals surface area contributed by atoms with Crippen molar-refractivity contribution in [3.8, 4) is 5.75 Å². The molecule has 0 bridgehead atoms. The Labute approximate surface area is 153 Å². The monoisotopic (exact) mass is 366 g/mol. The average Bonchev–Trinajstić information content (AvgIpc) is 3.01. The van der Waals surface area contributed by atoms with Crippen LogP contribution < -0.4 is 15.4 Å². The predicted molar refractivity (Wildman–Crippen MR) is 97.8 cm³/mol. The van der Waals surface area contributed by atoms with Gasteiger partial charge in [0.25, 0.3) is 5.91 Å². The Kier molecular flexibility index (Phi) is 6.49. The molecule has 2 aromatic rings. The fourth-order valence-electron chi connectivity index (χ4n) is 2.57. The molecular weight excluding hydrogens is 347 g/mol. The van der Waals surface area contributed by atoms with E-state index >= 15 is 0 Å². The zero-order valence-electron chi connectivity index (χ0n) is 13.4. The maximum Gasteiger partial charge on any atom is 0.258 e. The molecule has 2 N–H and O–H groups in total. The van der Waals surface area contributed by atoms with E-state index in [1.165, 1.54) is 11.1 Å². The van der Waals surface area contributed by atoms with Gasteiger partial charge in [0.1, 0.15) is 5.75 Å². The van der Waals surface area contributed by atoms with Gasteiger partial charge in [-0.3, -0.25) is 4.79 Å². The molecule has 3 rings (SSSR count). The number of fused-ring (bicyclic) bond motifs is 1. The van der Waals surface area contributed by atoms with Gasteiger partial charge < -0.3 is 15.4 Å². The highest BCUT2D eigenvalue weighted by Gasteiger charge is 2.10. The summed E-state index contributed by atoms with van der Waals surface area (Å²) in [6.45, 7) is 4.23. The summed E-state index contributed by atoms with van der Waals surface area (Å²) in [4.78, 5) is 11.9. The third kappa shape index (κ3) is 4.63. The third-order valence-corrected chi connectivity index (χ3v) is 4.31. The zero-order valence-corrected chi connectivity index (χ0v) is 15.0. The third-order valence-electron chi connectivity index (χ3n) is 3.89. The number of aryl methyl sites for hydroxylation is 1. The van der Waals surface area contributed by atoms with E-state index in [0.717, 1.165) is 24.2 Å². The number of nitrogens with one attached hydrogen (secondary N) is 2. The molecule has 0 aromatic heterocycles. The summed E-state index contributed by atoms with van der Waals surface area (Å²) < 4.78 is 5.49. The van der Waals surface area contributed by atoms with Gasteiger partial charge in [-0.1, -0.05) is 29.8 Å². The summed E-state index contributed by atoms with van der Waals surface area (Å²) in [5, 5.41) is 6.87. The number of ether oxygens (including phenoxy) is 1. The van der Waals surface area contributed by atoms with Crippen molar-refractivity contribution < 1.29 is 9.53 Å². The first-order chi connectivity index (χ1) is 11.1. The Balaban J connectivity index is 0.00000208. The summed E-state index contributed by atoms with van der Waals surface area (Å²) in [5.74, 6) is 0.502. The van der Waals surface area contributed by atoms with E-state index in [4.69, 9.17) is 16.3 Å². The van der Waals surface area contributed by atoms with Gasteiger partial charge >= 0.3 is 0 Å². The number of amides is 1. The first-order valence-corrected chi connectivity index (χ1v) is 7.96. The van der Waals surface area contributed by atoms with Gasteiger partial charge in [-0.25, -0.2) is 0 Å². The van der Waals surface area contributed by atoms with E-state index < -0.39 is 0 Å². The number of carbonyl (C=O) groups is 1. The van der Waals surface area contributed by atoms with E-state index in [-0.39, 0.29) is 24.9 Å². The standard InChI is InChI=1S/C18H19ClN2O2.ClH/c1-12-6-16(4-5-17(12)19)23-11-18(22)21-8-13-2-3-14-9-20-10-15(14)7-13;/h2-7,20H,8-11H2,1H3,(H,21,22);1H. The van der Waals surface area contributed by atoms with Crippen molar-refractivity contribution >= 4 is 29.9 Å². The summed E-state index contributed by atoms with van der Waals surface area (Å²) in [6, 6.07) is 11.7. The van der Waals surface area contributed by atoms with Gasteiger partial charge in [0, 0.05) is 24.7 Å². The number of rotatable bonds is 5. The van der Waals surface area contributed by atoms with Gasteiger partial charge in [0.2, 0.25) is 0 Å². The molecule has 1 aliphatic rings. The fraction of sp³-hybridized carbons (Fsp3) is 0.278. The normalized spacial score (nSPS) is 12.2. The molecule has 128 valence electrons. The van der Waals surface area contributed by atoms with Crippen LogP contribution in [0.1, 0.15) is 22.3 Å². The van der Waals surface area contributed by atoms with E-state index in [2.05, 4.69) is 28.8 Å². The smallest absolute Gasteiger partial charge is 0.258 e. The molecule has 0 radical (unpaired) electrons. The molecule has 0 saturated heterocycles. The minimum absolute atomic E-state index is 0. The second-order valence-corrected chi connectivity index (χ2v) is 6.09. The summed E-state index contributed by atoms with van der Waals surface area (Å²) in [5.41, 5.74) is 4.67. The van der Waals surface area contributed by atoms with Crippen LogP contribution in [0.3, 0.4) is 0 Å². The molecule has 0 aliphatic carbocycles. The highest BCUT2D eigenvalue weighted by molar-refractivity contribution is 6.31. The van der Waals surface area contributed by atoms with Crippen molar-refractivity contribution in [2.75, 3.05) is 6.61 Å². The Morgan fingerprint density at radius 2 is 2.00 bits per heavy atom. The molecule has 0 unspecified atom stereocenters. The van der Waals surface area contributed by atoms with Crippen molar-refractivity contribution in [2.24, 2.45) is 0 Å². The van der Waals surface area contributed by atoms with Crippen LogP contribution >= 0.6 is 24.0 Å². The van der Waals surface area contributed by atoms with Crippen molar-refractivity contribution in [3.05, 3.63) is 63.7 Å². The van der Waals surface area contributed by atoms with Crippen LogP contribution in [-0.2, 0) is 24.4 Å². The number of halogens is 2. The SMILES string of the molecule is Cc1cc(OCC(=O)NCc2ccc3c(c2)CNC3)ccc1Cl.Cl. The first kappa shape index (κ1) is 18.6. The average molecular weight is 367 g/mol. The lowest BCUT2D eigenvalue weighted by atomic mass is 10.1. The summed E-state index contributed by atoms with van der Waals surface area (Å²) in [6.07, 6.45) is 0. The quantitative estimate of drug-likeness (QED) is 0.852. The van der Waals surface area contributed by atoms with Gasteiger partial charge in [0.15, 0.2) is 6.61 Å². The van der Waals surface area contributed by atoms with E-state index in [0.29, 0.717) is 17.3 Å². The highest BCUT2D eigenvalue weighted by atomic mass is 35.5. The number of benzene rings is 2. The van der Waals surface area contributed by atoms with Crippen LogP contribution in [0.25, 0.3) is 0 Å². The molecule has 0 fully saturated rings. The molecule has 4 nitrogen and oxygen atoms in total. The Morgan fingerprint density at radius 1 is 1.21 bits per heavy atom. The Morgan fingerprint density at radius 3 is 2.79 bits per heavy atom. The molecular formula is C18H20Cl2N2O2. The maximum atomic E-state index is 11.9. The van der Waals surface area contributed by atoms with Crippen molar-refractivity contribution in [1.82, 2.24) is 10.6 Å². The maximum absolute atomic E-state index is 11.9. The highest BCUT2D eigenvalue weighted by Crippen LogP contribution is 2.21. The van der Waals surface area contributed by atoms with E-state index in [1.807, 2.05) is 13.0 Å². The number of hydrogen-bond donors (Lipinski definition) is 2. The Hall–Kier alpha value is -1.75. The molecule has 0 saturated carbocycles. The van der Waals surface area contributed by atoms with Crippen LogP contribution in [0.15, 0.2) is 36.4 Å². The van der Waals surface area contributed by atoms with Crippen molar-refractivity contribution in [3.63, 3.8) is 0 Å². The molecule has 24 heavy (non-hydrogen) atoms. The van der Waals surface area contributed by atoms with Gasteiger partial charge in [-0.15, -0.1) is 12.4 Å². The van der Waals surface area contributed by atoms with Gasteiger partial charge in [-0.2, -0.15) is 0 Å². The largest absolute Gasteiger partial charge is 0.484 e. The first-order valence-electron chi connectivity index (χ1n) is 7.59. The lowest BCUT2D eigenvalue weighted by Crippen LogP contribution is -2.28. The lowest BCUT2D eigenvalue weighted by molar-refractivity contribution is -0.123. The van der Waals surface area contributed by atoms with Crippen molar-refractivity contribution in [1.29, 1.82) is 0 Å². The second-order valence-electron chi connectivity index (χ2n) is 5.68. The van der Waals surface area contributed by atoms with E-state index in [9.17, 15) is 4.79 Å². The molecule has 1 aliphatic heterocycles. The molecule has 2 aromatic carbocycles. The Bertz CT molecular complexity index is 735. The summed E-state index contributed by atoms with van der Waals surface area (Å²) >= 11 is 5.96. The molecule has 6 heteroatoms. The minimum atomic E-state index is -0.142. The second kappa shape index (κ2) is 8.38. The molecule has 1 amide bonds. The van der Waals surface area contributed by atoms with Crippen LogP contribution in [-0.4, -0.2) is 12.5 Å². The lowest BCUT2D eigenvalue weighted by Gasteiger charge is -2.09. The number of carbonyl (C=O) groups excluding carboxylic acids is 1. The molecule has 0 atom stereocenters. The van der Waals surface area contributed by atoms with Crippen LogP contribution in [0.2, 0.25) is 5.02 Å². The van der Waals surface area contributed by atoms with Crippen LogP contribution in [0, 0.1) is 6.92 Å². The minimum Gasteiger partial charge on any atom is -0.484 e. The van der Waals surface area contributed by atoms with E-state index in [1.54, 1.807) is 12.1 Å². The predicted octanol–water partition coefficient (Wildman–Crippen LogP) is 3.37. The zero-order chi connectivity index (χ0) is 16.2. The fourth-order valence-corrected chi connectivity index (χ4v) is 2.68. The molecule has 0 spiro atoms. The van der Waals surface area contributed by atoms with Crippen LogP contribution in [0.5, 0.6) is 5.75 Å². The van der Waals surface area contributed by atoms with Gasteiger partial charge in [-0.05, 0) is 47.4 Å².